The summed E-state index contributed by atoms with van der Waals surface area (Å²) in [7, 11) is 0. The lowest BCUT2D eigenvalue weighted by molar-refractivity contribution is -0.144. The van der Waals surface area contributed by atoms with E-state index in [1.165, 1.54) is 11.3 Å². The van der Waals surface area contributed by atoms with Crippen molar-refractivity contribution in [3.63, 3.8) is 0 Å². The monoisotopic (exact) mass is 313 g/mol. The fourth-order valence-corrected chi connectivity index (χ4v) is 3.08. The molecule has 5 heteroatoms. The van der Waals surface area contributed by atoms with Crippen LogP contribution in [0.2, 0.25) is 0 Å². The average molecular weight is 313 g/mol. The van der Waals surface area contributed by atoms with Gasteiger partial charge in [-0.1, -0.05) is 32.1 Å². The second-order valence-electron chi connectivity index (χ2n) is 7.58. The molecule has 1 aliphatic rings. The van der Waals surface area contributed by atoms with Gasteiger partial charge in [-0.05, 0) is 47.0 Å². The summed E-state index contributed by atoms with van der Waals surface area (Å²) in [6.45, 7) is 9.04. The Hall–Kier alpha value is -1.26. The molecule has 1 aliphatic carbocycles. The van der Waals surface area contributed by atoms with Crippen molar-refractivity contribution in [2.24, 2.45) is 5.92 Å². The molecule has 1 N–H and O–H groups in total. The van der Waals surface area contributed by atoms with Crippen LogP contribution in [0, 0.1) is 5.92 Å². The molecule has 0 radical (unpaired) electrons. The first kappa shape index (κ1) is 18.8. The van der Waals surface area contributed by atoms with E-state index in [0.29, 0.717) is 12.3 Å². The lowest BCUT2D eigenvalue weighted by Crippen LogP contribution is -2.51. The van der Waals surface area contributed by atoms with Gasteiger partial charge in [-0.15, -0.1) is 0 Å². The maximum absolute atomic E-state index is 12.4. The van der Waals surface area contributed by atoms with Crippen LogP contribution in [0.1, 0.15) is 73.1 Å². The fourth-order valence-electron chi connectivity index (χ4n) is 3.08. The Labute approximate surface area is 134 Å². The molecule has 0 aliphatic heterocycles. The van der Waals surface area contributed by atoms with Gasteiger partial charge < -0.3 is 9.84 Å². The summed E-state index contributed by atoms with van der Waals surface area (Å²) in [6.07, 6.45) is 5.65. The molecule has 0 aromatic heterocycles. The van der Waals surface area contributed by atoms with Crippen LogP contribution in [0.15, 0.2) is 0 Å². The highest BCUT2D eigenvalue weighted by molar-refractivity contribution is 5.80. The van der Waals surface area contributed by atoms with Gasteiger partial charge in [0.2, 0.25) is 0 Å². The lowest BCUT2D eigenvalue weighted by Gasteiger charge is -2.36. The first-order valence-electron chi connectivity index (χ1n) is 8.36. The predicted molar refractivity (Wildman–Crippen MR) is 85.8 cm³/mol. The second-order valence-corrected chi connectivity index (χ2v) is 7.58. The highest BCUT2D eigenvalue weighted by Gasteiger charge is 2.36. The summed E-state index contributed by atoms with van der Waals surface area (Å²) in [4.78, 5) is 25.6. The third kappa shape index (κ3) is 5.85. The van der Waals surface area contributed by atoms with Crippen LogP contribution in [-0.2, 0) is 9.53 Å². The first-order chi connectivity index (χ1) is 10.1. The normalized spacial score (nSPS) is 18.1. The standard InChI is InChI=1S/C17H31NO4/c1-12(2)18(16(21)22-17(3,4)5)14(15(19)20)11-13-9-7-6-8-10-13/h12-14H,6-11H2,1-5H3,(H,19,20). The van der Waals surface area contributed by atoms with E-state index in [0.717, 1.165) is 25.7 Å². The molecule has 1 rings (SSSR count). The van der Waals surface area contributed by atoms with Gasteiger partial charge in [-0.3, -0.25) is 4.90 Å². The van der Waals surface area contributed by atoms with Crippen molar-refractivity contribution >= 4 is 12.1 Å². The molecular weight excluding hydrogens is 282 g/mol. The van der Waals surface area contributed by atoms with E-state index >= 15 is 0 Å². The molecule has 128 valence electrons. The van der Waals surface area contributed by atoms with Gasteiger partial charge in [0, 0.05) is 6.04 Å². The first-order valence-corrected chi connectivity index (χ1v) is 8.36. The number of nitrogens with zero attached hydrogens (tertiary/aromatic N) is 1. The number of hydrogen-bond acceptors (Lipinski definition) is 3. The third-order valence-corrected chi connectivity index (χ3v) is 4.06. The molecule has 1 atom stereocenters. The maximum Gasteiger partial charge on any atom is 0.411 e. The number of aliphatic carboxylic acids is 1. The summed E-state index contributed by atoms with van der Waals surface area (Å²) in [5.74, 6) is -0.552. The summed E-state index contributed by atoms with van der Waals surface area (Å²) in [5, 5.41) is 9.62. The van der Waals surface area contributed by atoms with E-state index in [1.54, 1.807) is 20.8 Å². The van der Waals surface area contributed by atoms with Gasteiger partial charge in [0.15, 0.2) is 0 Å². The van der Waals surface area contributed by atoms with Gasteiger partial charge in [0.05, 0.1) is 0 Å². The summed E-state index contributed by atoms with van der Waals surface area (Å²) < 4.78 is 5.41. The molecule has 0 bridgehead atoms. The maximum atomic E-state index is 12.4. The topological polar surface area (TPSA) is 66.8 Å². The summed E-state index contributed by atoms with van der Waals surface area (Å²) in [5.41, 5.74) is -0.627. The largest absolute Gasteiger partial charge is 0.480 e. The zero-order chi connectivity index (χ0) is 16.9. The van der Waals surface area contributed by atoms with Crippen molar-refractivity contribution in [2.75, 3.05) is 0 Å². The van der Waals surface area contributed by atoms with Gasteiger partial charge >= 0.3 is 12.1 Å². The molecule has 22 heavy (non-hydrogen) atoms. The van der Waals surface area contributed by atoms with Crippen molar-refractivity contribution in [1.82, 2.24) is 4.90 Å². The van der Waals surface area contributed by atoms with Gasteiger partial charge in [0.1, 0.15) is 11.6 Å². The number of hydrogen-bond donors (Lipinski definition) is 1. The van der Waals surface area contributed by atoms with E-state index in [2.05, 4.69) is 0 Å². The SMILES string of the molecule is CC(C)N(C(=O)OC(C)(C)C)C(CC1CCCCC1)C(=O)O. The second kappa shape index (κ2) is 7.84. The van der Waals surface area contributed by atoms with Crippen LogP contribution >= 0.6 is 0 Å². The van der Waals surface area contributed by atoms with Gasteiger partial charge in [-0.25, -0.2) is 9.59 Å². The van der Waals surface area contributed by atoms with Crippen LogP contribution in [0.3, 0.4) is 0 Å². The van der Waals surface area contributed by atoms with Crippen LogP contribution in [0.5, 0.6) is 0 Å². The Bertz CT molecular complexity index is 381. The van der Waals surface area contributed by atoms with Gasteiger partial charge in [0.25, 0.3) is 0 Å². The molecule has 0 spiro atoms. The molecular formula is C17H31NO4. The summed E-state index contributed by atoms with van der Waals surface area (Å²) in [6, 6.07) is -1.02. The van der Waals surface area contributed by atoms with E-state index in [9.17, 15) is 14.7 Å². The summed E-state index contributed by atoms with van der Waals surface area (Å²) >= 11 is 0. The third-order valence-electron chi connectivity index (χ3n) is 4.06. The zero-order valence-electron chi connectivity index (χ0n) is 14.6. The minimum absolute atomic E-state index is 0.209. The number of carbonyl (C=O) groups excluding carboxylic acids is 1. The van der Waals surface area contributed by atoms with Crippen LogP contribution in [0.25, 0.3) is 0 Å². The molecule has 1 saturated carbocycles. The van der Waals surface area contributed by atoms with Crippen LogP contribution in [-0.4, -0.2) is 39.8 Å². The number of carbonyl (C=O) groups is 2. The Morgan fingerprint density at radius 2 is 1.73 bits per heavy atom. The van der Waals surface area contributed by atoms with E-state index in [4.69, 9.17) is 4.74 Å². The highest BCUT2D eigenvalue weighted by Crippen LogP contribution is 2.29. The van der Waals surface area contributed by atoms with Crippen molar-refractivity contribution in [2.45, 2.75) is 90.8 Å². The average Bonchev–Trinajstić information content (AvgIpc) is 2.36. The molecule has 0 aromatic carbocycles. The van der Waals surface area contributed by atoms with E-state index in [-0.39, 0.29) is 6.04 Å². The molecule has 0 heterocycles. The quantitative estimate of drug-likeness (QED) is 0.831. The minimum Gasteiger partial charge on any atom is -0.480 e. The highest BCUT2D eigenvalue weighted by atomic mass is 16.6. The number of amides is 1. The minimum atomic E-state index is -0.940. The van der Waals surface area contributed by atoms with Crippen LogP contribution < -0.4 is 0 Å². The number of carboxylic acid groups (broad SMARTS) is 1. The van der Waals surface area contributed by atoms with Crippen molar-refractivity contribution in [1.29, 1.82) is 0 Å². The van der Waals surface area contributed by atoms with E-state index in [1.807, 2.05) is 13.8 Å². The molecule has 1 fully saturated rings. The van der Waals surface area contributed by atoms with Crippen molar-refractivity contribution < 1.29 is 19.4 Å². The molecule has 1 unspecified atom stereocenters. The number of ether oxygens (including phenoxy) is 1. The molecule has 0 saturated heterocycles. The Morgan fingerprint density at radius 3 is 2.14 bits per heavy atom. The Balaban J connectivity index is 2.86. The smallest absolute Gasteiger partial charge is 0.411 e. The van der Waals surface area contributed by atoms with E-state index < -0.39 is 23.7 Å². The predicted octanol–water partition coefficient (Wildman–Crippen LogP) is 4.06. The Kier molecular flexibility index (Phi) is 6.69. The Morgan fingerprint density at radius 1 is 1.18 bits per heavy atom. The van der Waals surface area contributed by atoms with Crippen molar-refractivity contribution in [3.8, 4) is 0 Å². The molecule has 0 aromatic rings. The van der Waals surface area contributed by atoms with Crippen LogP contribution in [0.4, 0.5) is 4.79 Å². The number of carboxylic acids is 1. The van der Waals surface area contributed by atoms with Gasteiger partial charge in [-0.2, -0.15) is 0 Å². The molecule has 1 amide bonds. The number of rotatable bonds is 5. The fraction of sp³-hybridized carbons (Fsp3) is 0.882. The lowest BCUT2D eigenvalue weighted by atomic mass is 9.84. The van der Waals surface area contributed by atoms with Crippen molar-refractivity contribution in [3.05, 3.63) is 0 Å². The molecule has 5 nitrogen and oxygen atoms in total. The zero-order valence-corrected chi connectivity index (χ0v) is 14.6.